The first-order valence-electron chi connectivity index (χ1n) is 8.34. The number of thiophene rings is 1. The topological polar surface area (TPSA) is 9.23 Å². The molecular formula is C17H34OSSn. The summed E-state index contributed by atoms with van der Waals surface area (Å²) >= 11 is 0.672. The van der Waals surface area contributed by atoms with Crippen LogP contribution in [0.25, 0.3) is 0 Å². The molecule has 20 heavy (non-hydrogen) atoms. The van der Waals surface area contributed by atoms with Gasteiger partial charge in [-0.05, 0) is 11.4 Å². The molecule has 0 saturated carbocycles. The van der Waals surface area contributed by atoms with Gasteiger partial charge in [-0.2, -0.15) is 0 Å². The van der Waals surface area contributed by atoms with E-state index in [0.717, 1.165) is 5.75 Å². The first-order chi connectivity index (χ1) is 9.78. The van der Waals surface area contributed by atoms with Gasteiger partial charge in [0.1, 0.15) is 5.75 Å². The van der Waals surface area contributed by atoms with Crippen LogP contribution >= 0.6 is 11.3 Å². The van der Waals surface area contributed by atoms with Gasteiger partial charge < -0.3 is 4.74 Å². The Morgan fingerprint density at radius 3 is 1.70 bits per heavy atom. The van der Waals surface area contributed by atoms with Gasteiger partial charge in [0.2, 0.25) is 0 Å². The minimum Gasteiger partial charge on any atom is -0.496 e. The van der Waals surface area contributed by atoms with Crippen molar-refractivity contribution in [1.29, 1.82) is 0 Å². The largest absolute Gasteiger partial charge is 0.496 e. The van der Waals surface area contributed by atoms with Gasteiger partial charge in [-0.1, -0.05) is 0 Å². The third-order valence-electron chi connectivity index (χ3n) is 3.63. The van der Waals surface area contributed by atoms with Crippen molar-refractivity contribution < 1.29 is 4.74 Å². The van der Waals surface area contributed by atoms with E-state index >= 15 is 0 Å². The van der Waals surface area contributed by atoms with Gasteiger partial charge in [-0.25, -0.2) is 0 Å². The van der Waals surface area contributed by atoms with E-state index in [1.807, 2.05) is 16.8 Å². The Morgan fingerprint density at radius 1 is 0.950 bits per heavy atom. The molecule has 3 heteroatoms. The Balaban J connectivity index is 0.000000428. The number of unbranched alkanes of at least 4 members (excludes halogenated alkanes) is 3. The zero-order valence-corrected chi connectivity index (χ0v) is 18.1. The molecule has 0 aliphatic heterocycles. The van der Waals surface area contributed by atoms with E-state index in [-0.39, 0.29) is 0 Å². The van der Waals surface area contributed by atoms with Crippen molar-refractivity contribution >= 4 is 31.1 Å². The number of hydrogen-bond donors (Lipinski definition) is 0. The predicted molar refractivity (Wildman–Crippen MR) is 97.2 cm³/mol. The smallest absolute Gasteiger partial charge is 0.129 e. The standard InChI is InChI=1S/C5H6OS.3C4H9.Sn.H/c1-6-5-2-3-7-4-5;3*1-3-4-2;;/h2-4H,1H3;3*1,3-4H2,2H3;;. The molecule has 0 atom stereocenters. The molecule has 1 heterocycles. The second kappa shape index (κ2) is 15.7. The first-order valence-corrected chi connectivity index (χ1v) is 16.3. The van der Waals surface area contributed by atoms with Gasteiger partial charge >= 0.3 is 92.4 Å². The molecule has 0 saturated heterocycles. The van der Waals surface area contributed by atoms with Crippen molar-refractivity contribution in [3.63, 3.8) is 0 Å². The maximum absolute atomic E-state index is 4.86. The molecule has 0 amide bonds. The Kier molecular flexibility index (Phi) is 15.9. The minimum absolute atomic E-state index is 0.949. The molecule has 0 aromatic carbocycles. The van der Waals surface area contributed by atoms with Crippen molar-refractivity contribution in [1.82, 2.24) is 0 Å². The molecule has 0 radical (unpaired) electrons. The van der Waals surface area contributed by atoms with Crippen molar-refractivity contribution in [3.05, 3.63) is 16.8 Å². The summed E-state index contributed by atoms with van der Waals surface area (Å²) in [6.45, 7) is 7.01. The van der Waals surface area contributed by atoms with Crippen LogP contribution in [0.5, 0.6) is 5.75 Å². The van der Waals surface area contributed by atoms with E-state index in [2.05, 4.69) is 20.8 Å². The van der Waals surface area contributed by atoms with Crippen LogP contribution in [0, 0.1) is 0 Å². The molecule has 1 nitrogen and oxygen atoms in total. The van der Waals surface area contributed by atoms with Crippen molar-refractivity contribution in [3.8, 4) is 5.75 Å². The fraction of sp³-hybridized carbons (Fsp3) is 0.765. The number of rotatable bonds is 10. The Labute approximate surface area is 137 Å². The average Bonchev–Trinajstić information content (AvgIpc) is 3.00. The second-order valence-electron chi connectivity index (χ2n) is 5.46. The number of methoxy groups -OCH3 is 1. The zero-order chi connectivity index (χ0) is 15.1. The van der Waals surface area contributed by atoms with Crippen LogP contribution in [0.15, 0.2) is 16.8 Å². The van der Waals surface area contributed by atoms with Crippen LogP contribution in [0.2, 0.25) is 13.3 Å². The van der Waals surface area contributed by atoms with E-state index in [1.165, 1.54) is 38.5 Å². The molecule has 118 valence electrons. The van der Waals surface area contributed by atoms with Crippen LogP contribution in [0.1, 0.15) is 59.3 Å². The Hall–Kier alpha value is 0.299. The van der Waals surface area contributed by atoms with Crippen LogP contribution in [0.4, 0.5) is 0 Å². The van der Waals surface area contributed by atoms with Crippen LogP contribution in [-0.2, 0) is 0 Å². The van der Waals surface area contributed by atoms with Crippen LogP contribution in [0.3, 0.4) is 0 Å². The summed E-state index contributed by atoms with van der Waals surface area (Å²) < 4.78 is 9.94. The molecule has 1 rings (SSSR count). The minimum atomic E-state index is -0.967. The van der Waals surface area contributed by atoms with Gasteiger partial charge in [0.15, 0.2) is 0 Å². The van der Waals surface area contributed by atoms with E-state index in [4.69, 9.17) is 4.74 Å². The Morgan fingerprint density at radius 2 is 1.45 bits per heavy atom. The van der Waals surface area contributed by atoms with E-state index in [1.54, 1.807) is 31.8 Å². The molecule has 1 aromatic rings. The summed E-state index contributed by atoms with van der Waals surface area (Å²) in [5.41, 5.74) is 0. The van der Waals surface area contributed by atoms with Crippen molar-refractivity contribution in [2.75, 3.05) is 7.11 Å². The van der Waals surface area contributed by atoms with Gasteiger partial charge in [0, 0.05) is 5.38 Å². The number of ether oxygens (including phenoxy) is 1. The van der Waals surface area contributed by atoms with E-state index < -0.39 is 19.8 Å². The quantitative estimate of drug-likeness (QED) is 0.411. The monoisotopic (exact) mass is 406 g/mol. The van der Waals surface area contributed by atoms with Gasteiger partial charge in [0.25, 0.3) is 0 Å². The SMILES string of the molecule is CCC[CH2][SnH]([CH2]CCC)[CH2]CCC.COc1ccsc1. The maximum atomic E-state index is 4.86. The third-order valence-corrected chi connectivity index (χ3v) is 14.8. The molecule has 1 aromatic heterocycles. The van der Waals surface area contributed by atoms with Gasteiger partial charge in [0.05, 0.1) is 7.11 Å². The molecule has 0 aliphatic rings. The third kappa shape index (κ3) is 12.1. The summed E-state index contributed by atoms with van der Waals surface area (Å²) in [7, 11) is 1.67. The summed E-state index contributed by atoms with van der Waals surface area (Å²) in [5.74, 6) is 0.949. The van der Waals surface area contributed by atoms with E-state index in [9.17, 15) is 0 Å². The summed E-state index contributed by atoms with van der Waals surface area (Å²) in [4.78, 5) is 0. The molecule has 0 N–H and O–H groups in total. The fourth-order valence-electron chi connectivity index (χ4n) is 2.28. The molecule has 0 unspecified atom stereocenters. The Bertz CT molecular complexity index is 256. The number of hydrogen-bond acceptors (Lipinski definition) is 2. The summed E-state index contributed by atoms with van der Waals surface area (Å²) in [6.07, 6.45) is 8.87. The molecule has 0 fully saturated rings. The molecule has 0 spiro atoms. The second-order valence-corrected chi connectivity index (χ2v) is 16.1. The normalized spacial score (nSPS) is 10.2. The molecular weight excluding hydrogens is 371 g/mol. The summed E-state index contributed by atoms with van der Waals surface area (Å²) in [5, 5.41) is 3.94. The van der Waals surface area contributed by atoms with Crippen LogP contribution < -0.4 is 4.74 Å². The van der Waals surface area contributed by atoms with Gasteiger partial charge in [-0.15, -0.1) is 11.3 Å². The van der Waals surface area contributed by atoms with Crippen LogP contribution in [-0.4, -0.2) is 26.9 Å². The average molecular weight is 405 g/mol. The first kappa shape index (κ1) is 20.3. The summed E-state index contributed by atoms with van der Waals surface area (Å²) in [6, 6.07) is 1.94. The fourth-order valence-corrected chi connectivity index (χ4v) is 13.8. The molecule has 0 aliphatic carbocycles. The zero-order valence-electron chi connectivity index (χ0n) is 14.0. The van der Waals surface area contributed by atoms with Crippen molar-refractivity contribution in [2.45, 2.75) is 72.6 Å². The maximum Gasteiger partial charge on any atom is 0.129 e. The molecule has 0 bridgehead atoms. The van der Waals surface area contributed by atoms with Crippen molar-refractivity contribution in [2.24, 2.45) is 0 Å². The van der Waals surface area contributed by atoms with Gasteiger partial charge in [-0.3, -0.25) is 0 Å². The predicted octanol–water partition coefficient (Wildman–Crippen LogP) is 6.37. The van der Waals surface area contributed by atoms with E-state index in [0.29, 0.717) is 0 Å².